The van der Waals surface area contributed by atoms with E-state index < -0.39 is 101 Å². The molecule has 19 nitrogen and oxygen atoms in total. The number of halogens is 3. The molecule has 1 saturated carbocycles. The van der Waals surface area contributed by atoms with Gasteiger partial charge in [0.2, 0.25) is 12.2 Å². The first kappa shape index (κ1) is 43.4. The number of nitrogens with zero attached hydrogens (tertiary/aromatic N) is 4. The van der Waals surface area contributed by atoms with Crippen LogP contribution in [0.15, 0.2) is 41.3 Å². The van der Waals surface area contributed by atoms with E-state index in [0.29, 0.717) is 0 Å². The smallest absolute Gasteiger partial charge is 0.413 e. The highest BCUT2D eigenvalue weighted by Crippen LogP contribution is 2.44. The third-order valence-electron chi connectivity index (χ3n) is 9.46. The largest absolute Gasteiger partial charge is 0.492 e. The van der Waals surface area contributed by atoms with E-state index in [4.69, 9.17) is 42.1 Å². The van der Waals surface area contributed by atoms with Crippen LogP contribution in [-0.2, 0) is 28.6 Å². The Balaban J connectivity index is 1.11. The molecular weight excluding hydrogens is 816 g/mol. The van der Waals surface area contributed by atoms with Crippen LogP contribution < -0.4 is 20.4 Å². The number of rotatable bonds is 16. The van der Waals surface area contributed by atoms with E-state index in [0.717, 1.165) is 31.0 Å². The summed E-state index contributed by atoms with van der Waals surface area (Å²) in [6.45, 7) is 0.540. The molecule has 3 atom stereocenters. The van der Waals surface area contributed by atoms with Crippen molar-refractivity contribution in [1.82, 2.24) is 14.8 Å². The fraction of sp³-hybridized carbons (Fsp3) is 0.444. The summed E-state index contributed by atoms with van der Waals surface area (Å²) in [6, 6.07) is 3.81. The minimum absolute atomic E-state index is 0.0410. The number of benzene rings is 2. The lowest BCUT2D eigenvalue weighted by molar-refractivity contribution is -0.384. The molecular formula is C36H38Cl2FN5O14. The number of nitrogens with one attached hydrogen (secondary N) is 1. The van der Waals surface area contributed by atoms with Crippen molar-refractivity contribution in [2.75, 3.05) is 45.0 Å². The van der Waals surface area contributed by atoms with Crippen molar-refractivity contribution in [3.05, 3.63) is 73.8 Å². The monoisotopic (exact) mass is 853 g/mol. The molecule has 1 aromatic heterocycles. The number of pyridine rings is 1. The number of carboxylic acids is 1. The molecule has 58 heavy (non-hydrogen) atoms. The van der Waals surface area contributed by atoms with E-state index in [9.17, 15) is 49.1 Å². The van der Waals surface area contributed by atoms with Crippen molar-refractivity contribution < 1.29 is 62.4 Å². The van der Waals surface area contributed by atoms with E-state index >= 15 is 4.39 Å². The molecule has 2 heterocycles. The Labute approximate surface area is 338 Å². The summed E-state index contributed by atoms with van der Waals surface area (Å²) in [6.07, 6.45) is -0.623. The number of carbonyl (C=O) groups excluding carboxylic acids is 4. The lowest BCUT2D eigenvalue weighted by atomic mass is 10.0. The van der Waals surface area contributed by atoms with Gasteiger partial charge in [-0.05, 0) is 43.5 Å². The SMILES string of the molecule is COc1c(N2CCN(C(=O)OCOC(=O)CCC(=O)OC[C@@H](NC(=O)C(Cl)Cl)[C@H](O)c3ccc([N+](=O)[O-])cc3)C(C)C2)c(F)cc2c(=O)c(C(=O)O)cn(C3CC3)c12. The molecule has 1 saturated heterocycles. The number of hydrogen-bond donors (Lipinski definition) is 3. The van der Waals surface area contributed by atoms with Gasteiger partial charge in [0.25, 0.3) is 11.6 Å². The third kappa shape index (κ3) is 10.0. The number of non-ortho nitro benzene ring substituents is 1. The van der Waals surface area contributed by atoms with Gasteiger partial charge in [0.05, 0.1) is 41.8 Å². The molecule has 3 N–H and O–H groups in total. The van der Waals surface area contributed by atoms with Gasteiger partial charge in [-0.3, -0.25) is 29.3 Å². The molecule has 22 heteroatoms. The van der Waals surface area contributed by atoms with Gasteiger partial charge in [0.1, 0.15) is 24.0 Å². The quantitative estimate of drug-likeness (QED) is 0.0613. The zero-order chi connectivity index (χ0) is 42.4. The van der Waals surface area contributed by atoms with Crippen LogP contribution in [0.2, 0.25) is 0 Å². The van der Waals surface area contributed by atoms with Gasteiger partial charge in [-0.2, -0.15) is 0 Å². The Kier molecular flexibility index (Phi) is 14.0. The molecule has 0 bridgehead atoms. The lowest BCUT2D eigenvalue weighted by Gasteiger charge is -2.40. The summed E-state index contributed by atoms with van der Waals surface area (Å²) >= 11 is 11.2. The summed E-state index contributed by atoms with van der Waals surface area (Å²) in [5, 5.41) is 33.5. The zero-order valence-corrected chi connectivity index (χ0v) is 32.4. The van der Waals surface area contributed by atoms with Crippen LogP contribution in [0.25, 0.3) is 10.9 Å². The first-order valence-corrected chi connectivity index (χ1v) is 18.6. The first-order chi connectivity index (χ1) is 27.5. The summed E-state index contributed by atoms with van der Waals surface area (Å²) < 4.78 is 38.2. The fourth-order valence-electron chi connectivity index (χ4n) is 6.40. The number of nitro groups is 1. The van der Waals surface area contributed by atoms with Gasteiger partial charge in [-0.15, -0.1) is 0 Å². The van der Waals surface area contributed by atoms with Gasteiger partial charge in [-0.25, -0.2) is 14.0 Å². The molecule has 2 fully saturated rings. The topological polar surface area (TPSA) is 246 Å². The van der Waals surface area contributed by atoms with Crippen LogP contribution in [0.5, 0.6) is 5.75 Å². The standard InChI is InChI=1S/C36H38Cl2FN5O14/c1-18-14-41(29-24(39)13-22-28(32(29)55-2)43(20-7-8-20)15-23(31(22)48)35(50)51)11-12-42(18)36(52)58-17-57-27(46)10-9-26(45)56-16-25(40-34(49)33(37)38)30(47)19-3-5-21(6-4-19)44(53)54/h3-6,13,15,18,20,25,30,33,47H,7-12,14,16-17H2,1-2H3,(H,40,49)(H,50,51)/t18?,25-,30-/m1/s1. The Bertz CT molecular complexity index is 2150. The number of anilines is 1. The minimum Gasteiger partial charge on any atom is -0.492 e. The highest BCUT2D eigenvalue weighted by Gasteiger charge is 2.35. The summed E-state index contributed by atoms with van der Waals surface area (Å²) in [5.41, 5.74) is -1.12. The average Bonchev–Trinajstić information content (AvgIpc) is 4.03. The maximum absolute atomic E-state index is 15.8. The Morgan fingerprint density at radius 2 is 1.71 bits per heavy atom. The number of carbonyl (C=O) groups is 5. The van der Waals surface area contributed by atoms with Crippen LogP contribution in [0.3, 0.4) is 0 Å². The third-order valence-corrected chi connectivity index (χ3v) is 9.86. The number of nitro benzene ring substituents is 1. The molecule has 312 valence electrons. The number of piperazine rings is 1. The van der Waals surface area contributed by atoms with Gasteiger partial charge in [0, 0.05) is 50.0 Å². The average molecular weight is 855 g/mol. The number of aromatic carboxylic acids is 1. The molecule has 1 unspecified atom stereocenters. The van der Waals surface area contributed by atoms with Gasteiger partial charge in [-0.1, -0.05) is 23.2 Å². The minimum atomic E-state index is -1.53. The van der Waals surface area contributed by atoms with Gasteiger partial charge in [0.15, 0.2) is 16.4 Å². The number of hydrogen-bond acceptors (Lipinski definition) is 14. The molecule has 3 aromatic rings. The van der Waals surface area contributed by atoms with Crippen molar-refractivity contribution in [3.8, 4) is 5.75 Å². The fourth-order valence-corrected chi connectivity index (χ4v) is 6.52. The van der Waals surface area contributed by atoms with E-state index in [1.807, 2.05) is 0 Å². The molecule has 2 aromatic carbocycles. The number of methoxy groups -OCH3 is 1. The normalized spacial score (nSPS) is 16.4. The van der Waals surface area contributed by atoms with Crippen LogP contribution in [0, 0.1) is 15.9 Å². The van der Waals surface area contributed by atoms with Crippen molar-refractivity contribution in [2.24, 2.45) is 0 Å². The Morgan fingerprint density at radius 3 is 2.28 bits per heavy atom. The maximum atomic E-state index is 15.8. The molecule has 2 aliphatic rings. The van der Waals surface area contributed by atoms with Gasteiger partial charge < -0.3 is 48.8 Å². The number of aliphatic hydroxyl groups excluding tert-OH is 1. The van der Waals surface area contributed by atoms with Crippen LogP contribution in [0.1, 0.15) is 60.7 Å². The highest BCUT2D eigenvalue weighted by molar-refractivity contribution is 6.53. The second-order valence-corrected chi connectivity index (χ2v) is 14.5. The first-order valence-electron chi connectivity index (χ1n) is 17.7. The number of aliphatic hydroxyl groups is 1. The van der Waals surface area contributed by atoms with Crippen molar-refractivity contribution in [1.29, 1.82) is 0 Å². The van der Waals surface area contributed by atoms with Crippen molar-refractivity contribution in [2.45, 2.75) is 61.7 Å². The molecule has 1 aliphatic carbocycles. The van der Waals surface area contributed by atoms with E-state index in [1.165, 1.54) is 30.3 Å². The van der Waals surface area contributed by atoms with Crippen molar-refractivity contribution in [3.63, 3.8) is 0 Å². The van der Waals surface area contributed by atoms with Gasteiger partial charge >= 0.3 is 24.0 Å². The highest BCUT2D eigenvalue weighted by atomic mass is 35.5. The van der Waals surface area contributed by atoms with Crippen LogP contribution in [-0.4, -0.2) is 112 Å². The number of fused-ring (bicyclic) bond motifs is 1. The van der Waals surface area contributed by atoms with Crippen molar-refractivity contribution >= 4 is 75.4 Å². The second kappa shape index (κ2) is 18.7. The number of alkyl halides is 2. The predicted octanol–water partition coefficient (Wildman–Crippen LogP) is 3.58. The number of esters is 2. The van der Waals surface area contributed by atoms with E-state index in [-0.39, 0.29) is 59.3 Å². The van der Waals surface area contributed by atoms with E-state index in [1.54, 1.807) is 16.4 Å². The Hall–Kier alpha value is -5.73. The number of carboxylic acid groups (broad SMARTS) is 1. The maximum Gasteiger partial charge on any atom is 0.413 e. The van der Waals surface area contributed by atoms with Crippen LogP contribution >= 0.6 is 23.2 Å². The number of aromatic nitrogens is 1. The Morgan fingerprint density at radius 1 is 1.05 bits per heavy atom. The van der Waals surface area contributed by atoms with Crippen LogP contribution in [0.4, 0.5) is 20.6 Å². The summed E-state index contributed by atoms with van der Waals surface area (Å²) in [5.74, 6) is -4.96. The molecule has 2 amide bonds. The molecule has 0 spiro atoms. The summed E-state index contributed by atoms with van der Waals surface area (Å²) in [7, 11) is 1.32. The number of ether oxygens (including phenoxy) is 4. The van der Waals surface area contributed by atoms with E-state index in [2.05, 4.69) is 5.32 Å². The molecule has 5 rings (SSSR count). The molecule has 1 aliphatic heterocycles. The number of amides is 2. The molecule has 0 radical (unpaired) electrons. The zero-order valence-electron chi connectivity index (χ0n) is 30.9. The lowest BCUT2D eigenvalue weighted by Crippen LogP contribution is -2.54. The predicted molar refractivity (Wildman–Crippen MR) is 201 cm³/mol. The summed E-state index contributed by atoms with van der Waals surface area (Å²) in [4.78, 5) is 86.3. The second-order valence-electron chi connectivity index (χ2n) is 13.4.